The molecule has 6 heteroatoms. The zero-order valence-electron chi connectivity index (χ0n) is 11.8. The lowest BCUT2D eigenvalue weighted by Gasteiger charge is -2.23. The van der Waals surface area contributed by atoms with Crippen LogP contribution in [0.1, 0.15) is 15.9 Å². The first-order valence-corrected chi connectivity index (χ1v) is 6.29. The molecule has 1 aliphatic rings. The van der Waals surface area contributed by atoms with Gasteiger partial charge in [-0.1, -0.05) is 0 Å². The van der Waals surface area contributed by atoms with Gasteiger partial charge in [0.15, 0.2) is 11.5 Å². The van der Waals surface area contributed by atoms with Crippen LogP contribution >= 0.6 is 0 Å². The molecule has 0 saturated carbocycles. The summed E-state index contributed by atoms with van der Waals surface area (Å²) in [5.41, 5.74) is 1.07. The Hall–Kier alpha value is -1.79. The second-order valence-corrected chi connectivity index (χ2v) is 4.25. The van der Waals surface area contributed by atoms with Crippen molar-refractivity contribution in [3.05, 3.63) is 23.3 Å². The molecule has 0 bridgehead atoms. The number of carbonyl (C=O) groups excluding carboxylic acids is 1. The summed E-state index contributed by atoms with van der Waals surface area (Å²) in [6.45, 7) is 2.96. The number of methoxy groups -OCH3 is 2. The van der Waals surface area contributed by atoms with E-state index in [0.717, 1.165) is 0 Å². The smallest absolute Gasteiger partial charge is 0.340 e. The normalized spacial score (nSPS) is 18.4. The Kier molecular flexibility index (Phi) is 4.81. The van der Waals surface area contributed by atoms with Gasteiger partial charge >= 0.3 is 5.97 Å². The molecule has 1 aromatic carbocycles. The molecule has 1 unspecified atom stereocenters. The third kappa shape index (κ3) is 3.02. The first kappa shape index (κ1) is 14.6. The monoisotopic (exact) mass is 282 g/mol. The maximum absolute atomic E-state index is 12.1. The molecule has 0 spiro atoms. The number of rotatable bonds is 4. The van der Waals surface area contributed by atoms with Crippen LogP contribution in [0.5, 0.6) is 11.5 Å². The Morgan fingerprint density at radius 1 is 1.25 bits per heavy atom. The van der Waals surface area contributed by atoms with Gasteiger partial charge in [0.25, 0.3) is 0 Å². The molecule has 6 nitrogen and oxygen atoms in total. The number of hydrogen-bond donors (Lipinski definition) is 0. The molecular formula is C14H18O6. The largest absolute Gasteiger partial charge is 0.493 e. The summed E-state index contributed by atoms with van der Waals surface area (Å²) in [5.74, 6) is 0.612. The van der Waals surface area contributed by atoms with Crippen LogP contribution in [-0.4, -0.2) is 46.3 Å². The fourth-order valence-corrected chi connectivity index (χ4v) is 2.02. The maximum Gasteiger partial charge on any atom is 0.340 e. The molecule has 0 N–H and O–H groups in total. The minimum atomic E-state index is -0.663. The lowest BCUT2D eigenvalue weighted by molar-refractivity contribution is -0.186. The van der Waals surface area contributed by atoms with Crippen LogP contribution in [0.25, 0.3) is 0 Å². The number of esters is 1. The summed E-state index contributed by atoms with van der Waals surface area (Å²) in [4.78, 5) is 12.1. The van der Waals surface area contributed by atoms with Gasteiger partial charge < -0.3 is 23.7 Å². The van der Waals surface area contributed by atoms with Crippen molar-refractivity contribution < 1.29 is 28.5 Å². The van der Waals surface area contributed by atoms with Gasteiger partial charge in [0.05, 0.1) is 33.0 Å². The van der Waals surface area contributed by atoms with Crippen LogP contribution in [0.15, 0.2) is 12.1 Å². The van der Waals surface area contributed by atoms with Crippen LogP contribution < -0.4 is 9.47 Å². The zero-order valence-corrected chi connectivity index (χ0v) is 11.8. The zero-order chi connectivity index (χ0) is 14.5. The van der Waals surface area contributed by atoms with E-state index in [4.69, 9.17) is 23.7 Å². The Labute approximate surface area is 117 Å². The van der Waals surface area contributed by atoms with E-state index < -0.39 is 12.3 Å². The van der Waals surface area contributed by atoms with Crippen LogP contribution in [0.3, 0.4) is 0 Å². The summed E-state index contributed by atoms with van der Waals surface area (Å²) >= 11 is 0. The summed E-state index contributed by atoms with van der Waals surface area (Å²) < 4.78 is 26.2. The number of hydrogen-bond acceptors (Lipinski definition) is 6. The molecule has 0 aliphatic carbocycles. The summed E-state index contributed by atoms with van der Waals surface area (Å²) in [5, 5.41) is 0. The van der Waals surface area contributed by atoms with Crippen LogP contribution in [-0.2, 0) is 14.2 Å². The van der Waals surface area contributed by atoms with Crippen molar-refractivity contribution in [3.63, 3.8) is 0 Å². The Balaban J connectivity index is 2.17. The number of carbonyl (C=O) groups is 1. The lowest BCUT2D eigenvalue weighted by Crippen LogP contribution is -2.33. The van der Waals surface area contributed by atoms with Crippen molar-refractivity contribution >= 4 is 5.97 Å². The number of benzene rings is 1. The van der Waals surface area contributed by atoms with Crippen molar-refractivity contribution in [1.29, 1.82) is 0 Å². The molecule has 1 aromatic rings. The molecule has 20 heavy (non-hydrogen) atoms. The minimum Gasteiger partial charge on any atom is -0.493 e. The van der Waals surface area contributed by atoms with Crippen molar-refractivity contribution in [2.24, 2.45) is 0 Å². The Bertz CT molecular complexity index is 479. The summed E-state index contributed by atoms with van der Waals surface area (Å²) in [6.07, 6.45) is -0.663. The molecule has 0 aromatic heterocycles. The van der Waals surface area contributed by atoms with Gasteiger partial charge in [0.2, 0.25) is 6.29 Å². The van der Waals surface area contributed by atoms with Crippen LogP contribution in [0, 0.1) is 6.92 Å². The molecule has 2 rings (SSSR count). The van der Waals surface area contributed by atoms with Crippen molar-refractivity contribution in [3.8, 4) is 11.5 Å². The predicted octanol–water partition coefficient (Wildman–Crippen LogP) is 1.54. The first-order valence-electron chi connectivity index (χ1n) is 6.29. The van der Waals surface area contributed by atoms with E-state index in [1.54, 1.807) is 26.2 Å². The second kappa shape index (κ2) is 6.58. The molecule has 1 saturated heterocycles. The van der Waals surface area contributed by atoms with Gasteiger partial charge in [-0.3, -0.25) is 0 Å². The average Bonchev–Trinajstić information content (AvgIpc) is 2.47. The predicted molar refractivity (Wildman–Crippen MR) is 70.3 cm³/mol. The average molecular weight is 282 g/mol. The topological polar surface area (TPSA) is 63.2 Å². The second-order valence-electron chi connectivity index (χ2n) is 4.25. The molecule has 0 radical (unpaired) electrons. The lowest BCUT2D eigenvalue weighted by atomic mass is 10.1. The van der Waals surface area contributed by atoms with Gasteiger partial charge in [-0.25, -0.2) is 4.79 Å². The van der Waals surface area contributed by atoms with Gasteiger partial charge in [-0.05, 0) is 19.1 Å². The summed E-state index contributed by atoms with van der Waals surface area (Å²) in [7, 11) is 3.07. The van der Waals surface area contributed by atoms with E-state index in [9.17, 15) is 4.79 Å². The van der Waals surface area contributed by atoms with Gasteiger partial charge in [0.1, 0.15) is 6.61 Å². The highest BCUT2D eigenvalue weighted by molar-refractivity contribution is 5.92. The molecule has 0 amide bonds. The van der Waals surface area contributed by atoms with Crippen LogP contribution in [0.2, 0.25) is 0 Å². The van der Waals surface area contributed by atoms with E-state index >= 15 is 0 Å². The quantitative estimate of drug-likeness (QED) is 0.781. The van der Waals surface area contributed by atoms with E-state index in [0.29, 0.717) is 35.8 Å². The highest BCUT2D eigenvalue weighted by Gasteiger charge is 2.23. The molecule has 1 heterocycles. The highest BCUT2D eigenvalue weighted by atomic mass is 16.7. The SMILES string of the molecule is COc1ccc(C(=O)OC2COCCO2)c(C)c1OC. The fourth-order valence-electron chi connectivity index (χ4n) is 2.02. The molecule has 1 fully saturated rings. The third-order valence-corrected chi connectivity index (χ3v) is 3.04. The highest BCUT2D eigenvalue weighted by Crippen LogP contribution is 2.33. The van der Waals surface area contributed by atoms with Gasteiger partial charge in [-0.2, -0.15) is 0 Å². The first-order chi connectivity index (χ1) is 9.67. The van der Waals surface area contributed by atoms with Gasteiger partial charge in [0, 0.05) is 5.56 Å². The van der Waals surface area contributed by atoms with Crippen molar-refractivity contribution in [2.75, 3.05) is 34.0 Å². The molecular weight excluding hydrogens is 264 g/mol. The molecule has 110 valence electrons. The van der Waals surface area contributed by atoms with E-state index in [2.05, 4.69) is 0 Å². The number of ether oxygens (including phenoxy) is 5. The third-order valence-electron chi connectivity index (χ3n) is 3.04. The summed E-state index contributed by atoms with van der Waals surface area (Å²) in [6, 6.07) is 3.31. The Morgan fingerprint density at radius 2 is 2.05 bits per heavy atom. The van der Waals surface area contributed by atoms with E-state index in [1.165, 1.54) is 7.11 Å². The van der Waals surface area contributed by atoms with Crippen LogP contribution in [0.4, 0.5) is 0 Å². The van der Waals surface area contributed by atoms with Gasteiger partial charge in [-0.15, -0.1) is 0 Å². The Morgan fingerprint density at radius 3 is 2.65 bits per heavy atom. The van der Waals surface area contributed by atoms with E-state index in [-0.39, 0.29) is 6.61 Å². The fraction of sp³-hybridized carbons (Fsp3) is 0.500. The molecule has 1 aliphatic heterocycles. The van der Waals surface area contributed by atoms with Crippen molar-refractivity contribution in [1.82, 2.24) is 0 Å². The minimum absolute atomic E-state index is 0.248. The molecule has 1 atom stereocenters. The standard InChI is InChI=1S/C14H18O6/c1-9-10(4-5-11(16-2)13(9)17-3)14(15)20-12-8-18-6-7-19-12/h4-5,12H,6-8H2,1-3H3. The maximum atomic E-state index is 12.1. The van der Waals surface area contributed by atoms with Crippen molar-refractivity contribution in [2.45, 2.75) is 13.2 Å². The van der Waals surface area contributed by atoms with E-state index in [1.807, 2.05) is 0 Å².